The fourth-order valence-corrected chi connectivity index (χ4v) is 3.26. The number of fused-ring (bicyclic) bond motifs is 1. The maximum atomic E-state index is 11.8. The first-order chi connectivity index (χ1) is 13.7. The normalized spacial score (nSPS) is 10.8. The lowest BCUT2D eigenvalue weighted by Crippen LogP contribution is -2.09. The zero-order chi connectivity index (χ0) is 19.5. The molecule has 0 fully saturated rings. The van der Waals surface area contributed by atoms with E-state index in [9.17, 15) is 4.79 Å². The van der Waals surface area contributed by atoms with Crippen LogP contribution < -0.4 is 4.74 Å². The molecule has 140 valence electrons. The molecule has 3 aromatic heterocycles. The summed E-state index contributed by atoms with van der Waals surface area (Å²) in [6, 6.07) is 17.4. The van der Waals surface area contributed by atoms with Crippen LogP contribution >= 0.6 is 0 Å². The Morgan fingerprint density at radius 2 is 1.86 bits per heavy atom. The van der Waals surface area contributed by atoms with Crippen LogP contribution in [0.2, 0.25) is 0 Å². The van der Waals surface area contributed by atoms with Crippen molar-refractivity contribution < 1.29 is 14.3 Å². The molecule has 0 radical (unpaired) electrons. The van der Waals surface area contributed by atoms with Crippen LogP contribution in [0.1, 0.15) is 16.2 Å². The van der Waals surface area contributed by atoms with Crippen LogP contribution in [-0.4, -0.2) is 34.7 Å². The topological polar surface area (TPSA) is 66.2 Å². The standard InChI is InChI=1S/C22H19N3O3/c1-27-18-6-7-20-16(12-18)13-21(15-8-10-23-11-9-15)25(20)14-17-4-3-5-19(24-17)22(26)28-2/h3-13H,14H2,1-2H3. The van der Waals surface area contributed by atoms with Gasteiger partial charge in [-0.1, -0.05) is 6.07 Å². The van der Waals surface area contributed by atoms with Gasteiger partial charge in [-0.05, 0) is 48.5 Å². The summed E-state index contributed by atoms with van der Waals surface area (Å²) in [6.07, 6.45) is 3.54. The highest BCUT2D eigenvalue weighted by Crippen LogP contribution is 2.31. The number of methoxy groups -OCH3 is 2. The number of nitrogens with zero attached hydrogens (tertiary/aromatic N) is 3. The number of aromatic nitrogens is 3. The molecule has 0 spiro atoms. The molecular formula is C22H19N3O3. The molecule has 0 saturated heterocycles. The van der Waals surface area contributed by atoms with E-state index in [4.69, 9.17) is 9.47 Å². The van der Waals surface area contributed by atoms with Gasteiger partial charge >= 0.3 is 5.97 Å². The van der Waals surface area contributed by atoms with Crippen molar-refractivity contribution in [1.29, 1.82) is 0 Å². The van der Waals surface area contributed by atoms with Crippen molar-refractivity contribution >= 4 is 16.9 Å². The summed E-state index contributed by atoms with van der Waals surface area (Å²) < 4.78 is 12.3. The third kappa shape index (κ3) is 3.32. The van der Waals surface area contributed by atoms with Crippen molar-refractivity contribution in [3.63, 3.8) is 0 Å². The first kappa shape index (κ1) is 17.7. The third-order valence-electron chi connectivity index (χ3n) is 4.61. The molecule has 3 heterocycles. The molecule has 0 aliphatic heterocycles. The lowest BCUT2D eigenvalue weighted by atomic mass is 10.2. The number of ether oxygens (including phenoxy) is 2. The summed E-state index contributed by atoms with van der Waals surface area (Å²) in [5.74, 6) is 0.357. The van der Waals surface area contributed by atoms with Crippen LogP contribution in [0, 0.1) is 0 Å². The Hall–Kier alpha value is -3.67. The van der Waals surface area contributed by atoms with Gasteiger partial charge in [0.25, 0.3) is 0 Å². The van der Waals surface area contributed by atoms with E-state index in [1.807, 2.05) is 42.5 Å². The van der Waals surface area contributed by atoms with Gasteiger partial charge in [-0.15, -0.1) is 0 Å². The summed E-state index contributed by atoms with van der Waals surface area (Å²) in [7, 11) is 3.01. The fraction of sp³-hybridized carbons (Fsp3) is 0.136. The molecule has 0 N–H and O–H groups in total. The molecule has 0 aliphatic rings. The molecule has 0 bridgehead atoms. The molecule has 0 unspecified atom stereocenters. The lowest BCUT2D eigenvalue weighted by molar-refractivity contribution is 0.0593. The minimum Gasteiger partial charge on any atom is -0.497 e. The van der Waals surface area contributed by atoms with Crippen molar-refractivity contribution in [1.82, 2.24) is 14.5 Å². The van der Waals surface area contributed by atoms with Crippen molar-refractivity contribution in [2.24, 2.45) is 0 Å². The molecule has 0 saturated carbocycles. The SMILES string of the molecule is COC(=O)c1cccc(Cn2c(-c3ccncc3)cc3cc(OC)ccc32)n1. The second-order valence-electron chi connectivity index (χ2n) is 6.28. The van der Waals surface area contributed by atoms with Crippen molar-refractivity contribution in [2.75, 3.05) is 14.2 Å². The highest BCUT2D eigenvalue weighted by molar-refractivity contribution is 5.88. The molecule has 28 heavy (non-hydrogen) atoms. The van der Waals surface area contributed by atoms with Crippen molar-refractivity contribution in [2.45, 2.75) is 6.54 Å². The Labute approximate surface area is 162 Å². The van der Waals surface area contributed by atoms with Crippen LogP contribution in [0.25, 0.3) is 22.2 Å². The number of rotatable bonds is 5. The average molecular weight is 373 g/mol. The molecule has 6 heteroatoms. The molecule has 0 aliphatic carbocycles. The number of hydrogen-bond acceptors (Lipinski definition) is 5. The van der Waals surface area contributed by atoms with E-state index in [0.29, 0.717) is 12.2 Å². The van der Waals surface area contributed by atoms with Gasteiger partial charge in [0.05, 0.1) is 26.5 Å². The lowest BCUT2D eigenvalue weighted by Gasteiger charge is -2.11. The maximum absolute atomic E-state index is 11.8. The van der Waals surface area contributed by atoms with Gasteiger partial charge < -0.3 is 14.0 Å². The number of benzene rings is 1. The number of carbonyl (C=O) groups excluding carboxylic acids is 1. The second kappa shape index (κ2) is 7.52. The molecule has 0 atom stereocenters. The minimum atomic E-state index is -0.446. The Morgan fingerprint density at radius 1 is 1.04 bits per heavy atom. The quantitative estimate of drug-likeness (QED) is 0.496. The highest BCUT2D eigenvalue weighted by Gasteiger charge is 2.14. The summed E-state index contributed by atoms with van der Waals surface area (Å²) in [5, 5.41) is 1.07. The monoisotopic (exact) mass is 373 g/mol. The predicted octanol–water partition coefficient (Wildman–Crippen LogP) is 3.94. The van der Waals surface area contributed by atoms with E-state index < -0.39 is 5.97 Å². The predicted molar refractivity (Wildman–Crippen MR) is 106 cm³/mol. The molecular weight excluding hydrogens is 354 g/mol. The van der Waals surface area contributed by atoms with Crippen LogP contribution in [0.4, 0.5) is 0 Å². The zero-order valence-corrected chi connectivity index (χ0v) is 15.6. The Morgan fingerprint density at radius 3 is 2.61 bits per heavy atom. The molecule has 4 aromatic rings. The molecule has 6 nitrogen and oxygen atoms in total. The van der Waals surface area contributed by atoms with E-state index >= 15 is 0 Å². The third-order valence-corrected chi connectivity index (χ3v) is 4.61. The van der Waals surface area contributed by atoms with E-state index in [1.54, 1.807) is 25.6 Å². The maximum Gasteiger partial charge on any atom is 0.356 e. The Bertz CT molecular complexity index is 1140. The molecule has 1 aromatic carbocycles. The van der Waals surface area contributed by atoms with Gasteiger partial charge in [-0.25, -0.2) is 9.78 Å². The summed E-state index contributed by atoms with van der Waals surface area (Å²) in [4.78, 5) is 20.4. The van der Waals surface area contributed by atoms with Crippen LogP contribution in [0.15, 0.2) is 67.0 Å². The summed E-state index contributed by atoms with van der Waals surface area (Å²) >= 11 is 0. The first-order valence-corrected chi connectivity index (χ1v) is 8.81. The summed E-state index contributed by atoms with van der Waals surface area (Å²) in [5.41, 5.74) is 4.21. The summed E-state index contributed by atoms with van der Waals surface area (Å²) in [6.45, 7) is 0.512. The van der Waals surface area contributed by atoms with Gasteiger partial charge in [0.2, 0.25) is 0 Å². The molecule has 4 rings (SSSR count). The van der Waals surface area contributed by atoms with E-state index in [2.05, 4.69) is 20.6 Å². The number of pyridine rings is 2. The Kier molecular flexibility index (Phi) is 4.76. The van der Waals surface area contributed by atoms with Crippen LogP contribution in [0.3, 0.4) is 0 Å². The van der Waals surface area contributed by atoms with E-state index in [1.165, 1.54) is 7.11 Å². The smallest absolute Gasteiger partial charge is 0.356 e. The average Bonchev–Trinajstić information content (AvgIpc) is 3.11. The van der Waals surface area contributed by atoms with E-state index in [-0.39, 0.29) is 0 Å². The largest absolute Gasteiger partial charge is 0.497 e. The van der Waals surface area contributed by atoms with Crippen molar-refractivity contribution in [3.05, 3.63) is 78.4 Å². The molecule has 0 amide bonds. The number of carbonyl (C=O) groups is 1. The van der Waals surface area contributed by atoms with Crippen LogP contribution in [-0.2, 0) is 11.3 Å². The zero-order valence-electron chi connectivity index (χ0n) is 15.6. The van der Waals surface area contributed by atoms with Gasteiger partial charge in [0, 0.05) is 34.6 Å². The first-order valence-electron chi connectivity index (χ1n) is 8.81. The number of esters is 1. The Balaban J connectivity index is 1.84. The highest BCUT2D eigenvalue weighted by atomic mass is 16.5. The van der Waals surface area contributed by atoms with Crippen molar-refractivity contribution in [3.8, 4) is 17.0 Å². The van der Waals surface area contributed by atoms with Gasteiger partial charge in [0.1, 0.15) is 11.4 Å². The second-order valence-corrected chi connectivity index (χ2v) is 6.28. The fourth-order valence-electron chi connectivity index (χ4n) is 3.26. The minimum absolute atomic E-state index is 0.295. The van der Waals surface area contributed by atoms with E-state index in [0.717, 1.165) is 33.6 Å². The van der Waals surface area contributed by atoms with Gasteiger partial charge in [-0.3, -0.25) is 4.98 Å². The van der Waals surface area contributed by atoms with Crippen LogP contribution in [0.5, 0.6) is 5.75 Å². The van der Waals surface area contributed by atoms with Gasteiger partial charge in [-0.2, -0.15) is 0 Å². The number of hydrogen-bond donors (Lipinski definition) is 0. The van der Waals surface area contributed by atoms with Gasteiger partial charge in [0.15, 0.2) is 0 Å².